The van der Waals surface area contributed by atoms with Gasteiger partial charge < -0.3 is 14.5 Å². The molecule has 4 fully saturated rings. The zero-order valence-electron chi connectivity index (χ0n) is 14.7. The Bertz CT molecular complexity index is 804. The molecule has 2 aromatic heterocycles. The van der Waals surface area contributed by atoms with Crippen LogP contribution in [-0.2, 0) is 9.53 Å². The van der Waals surface area contributed by atoms with E-state index >= 15 is 0 Å². The number of nitrogens with zero attached hydrogens (tertiary/aromatic N) is 2. The van der Waals surface area contributed by atoms with Gasteiger partial charge in [0.15, 0.2) is 12.3 Å². The number of aromatic nitrogens is 2. The van der Waals surface area contributed by atoms with Gasteiger partial charge in [0.05, 0.1) is 0 Å². The van der Waals surface area contributed by atoms with E-state index in [1.807, 2.05) is 24.4 Å². The maximum atomic E-state index is 12.4. The number of pyridine rings is 1. The largest absolute Gasteiger partial charge is 0.451 e. The summed E-state index contributed by atoms with van der Waals surface area (Å²) in [4.78, 5) is 28.9. The van der Waals surface area contributed by atoms with Gasteiger partial charge in [-0.25, -0.2) is 9.78 Å². The van der Waals surface area contributed by atoms with Crippen molar-refractivity contribution in [2.45, 2.75) is 44.1 Å². The fourth-order valence-corrected chi connectivity index (χ4v) is 5.83. The quantitative estimate of drug-likeness (QED) is 0.858. The normalized spacial score (nSPS) is 31.9. The molecule has 0 unspecified atom stereocenters. The van der Waals surface area contributed by atoms with Gasteiger partial charge in [0.1, 0.15) is 5.65 Å². The van der Waals surface area contributed by atoms with Crippen LogP contribution in [0.15, 0.2) is 30.6 Å². The van der Waals surface area contributed by atoms with Crippen LogP contribution in [0.25, 0.3) is 5.65 Å². The molecule has 4 saturated carbocycles. The molecule has 6 rings (SSSR count). The summed E-state index contributed by atoms with van der Waals surface area (Å²) in [6.45, 7) is -0.242. The summed E-state index contributed by atoms with van der Waals surface area (Å²) in [5, 5.41) is 3.22. The lowest BCUT2D eigenvalue weighted by Gasteiger charge is -2.56. The van der Waals surface area contributed by atoms with Crippen LogP contribution < -0.4 is 5.32 Å². The van der Waals surface area contributed by atoms with Gasteiger partial charge in [0, 0.05) is 17.9 Å². The molecule has 0 aliphatic heterocycles. The molecule has 4 aliphatic rings. The SMILES string of the molecule is O=C(COC(=O)c1cn2ccccc2n1)NC12CC3CC(CC(C3)C1)C2. The van der Waals surface area contributed by atoms with Crippen LogP contribution in [-0.4, -0.2) is 33.4 Å². The highest BCUT2D eigenvalue weighted by atomic mass is 16.5. The predicted octanol–water partition coefficient (Wildman–Crippen LogP) is 2.58. The molecule has 136 valence electrons. The van der Waals surface area contributed by atoms with Crippen LogP contribution in [0.2, 0.25) is 0 Å². The number of hydrogen-bond donors (Lipinski definition) is 1. The number of ether oxygens (including phenoxy) is 1. The second-order valence-electron chi connectivity index (χ2n) is 8.41. The van der Waals surface area contributed by atoms with Gasteiger partial charge in [-0.3, -0.25) is 4.79 Å². The first-order valence-corrected chi connectivity index (χ1v) is 9.50. The Morgan fingerprint density at radius 2 is 1.85 bits per heavy atom. The molecule has 1 N–H and O–H groups in total. The topological polar surface area (TPSA) is 72.7 Å². The molecule has 4 bridgehead atoms. The zero-order chi connectivity index (χ0) is 17.7. The van der Waals surface area contributed by atoms with E-state index in [1.165, 1.54) is 19.3 Å². The lowest BCUT2D eigenvalue weighted by atomic mass is 9.53. The second kappa shape index (κ2) is 5.83. The Balaban J connectivity index is 1.20. The summed E-state index contributed by atoms with van der Waals surface area (Å²) in [5.74, 6) is 1.55. The van der Waals surface area contributed by atoms with Crippen LogP contribution in [0.1, 0.15) is 49.0 Å². The number of carbonyl (C=O) groups excluding carboxylic acids is 2. The van der Waals surface area contributed by atoms with Crippen LogP contribution in [0.3, 0.4) is 0 Å². The van der Waals surface area contributed by atoms with Gasteiger partial charge in [-0.2, -0.15) is 0 Å². The maximum absolute atomic E-state index is 12.4. The van der Waals surface area contributed by atoms with E-state index in [0.717, 1.165) is 37.0 Å². The van der Waals surface area contributed by atoms with Crippen molar-refractivity contribution in [3.8, 4) is 0 Å². The first-order chi connectivity index (χ1) is 12.6. The third-order valence-electron chi connectivity index (χ3n) is 6.35. The highest BCUT2D eigenvalue weighted by molar-refractivity contribution is 5.90. The standard InChI is InChI=1S/C20H23N3O3/c24-18(22-20-8-13-5-14(9-20)7-15(6-13)10-20)12-26-19(25)16-11-23-4-2-1-3-17(23)21-16/h1-4,11,13-15H,5-10,12H2,(H,22,24). The van der Waals surface area contributed by atoms with Crippen molar-refractivity contribution in [3.63, 3.8) is 0 Å². The van der Waals surface area contributed by atoms with Crippen molar-refractivity contribution >= 4 is 17.5 Å². The highest BCUT2D eigenvalue weighted by Crippen LogP contribution is 2.55. The van der Waals surface area contributed by atoms with Crippen LogP contribution in [0.4, 0.5) is 0 Å². The van der Waals surface area contributed by atoms with E-state index in [1.54, 1.807) is 10.6 Å². The van der Waals surface area contributed by atoms with Gasteiger partial charge in [0.25, 0.3) is 5.91 Å². The number of imidazole rings is 1. The van der Waals surface area contributed by atoms with Crippen molar-refractivity contribution in [1.29, 1.82) is 0 Å². The molecule has 6 nitrogen and oxygen atoms in total. The molecule has 0 aromatic carbocycles. The summed E-state index contributed by atoms with van der Waals surface area (Å²) in [7, 11) is 0. The molecule has 1 amide bonds. The molecular weight excluding hydrogens is 330 g/mol. The number of amides is 1. The summed E-state index contributed by atoms with van der Waals surface area (Å²) < 4.78 is 6.96. The molecular formula is C20H23N3O3. The summed E-state index contributed by atoms with van der Waals surface area (Å²) in [6, 6.07) is 5.54. The van der Waals surface area contributed by atoms with Gasteiger partial charge in [0.2, 0.25) is 0 Å². The average molecular weight is 353 g/mol. The van der Waals surface area contributed by atoms with Crippen molar-refractivity contribution in [2.24, 2.45) is 17.8 Å². The molecule has 0 radical (unpaired) electrons. The number of hydrogen-bond acceptors (Lipinski definition) is 4. The van der Waals surface area contributed by atoms with Crippen LogP contribution >= 0.6 is 0 Å². The van der Waals surface area contributed by atoms with Crippen molar-refractivity contribution in [1.82, 2.24) is 14.7 Å². The summed E-state index contributed by atoms with van der Waals surface area (Å²) in [6.07, 6.45) is 10.7. The van der Waals surface area contributed by atoms with Crippen LogP contribution in [0.5, 0.6) is 0 Å². The zero-order valence-corrected chi connectivity index (χ0v) is 14.7. The minimum absolute atomic E-state index is 0.0542. The van der Waals surface area contributed by atoms with Gasteiger partial charge in [-0.1, -0.05) is 6.07 Å². The molecule has 0 saturated heterocycles. The Morgan fingerprint density at radius 1 is 1.15 bits per heavy atom. The van der Waals surface area contributed by atoms with Gasteiger partial charge >= 0.3 is 5.97 Å². The molecule has 4 aliphatic carbocycles. The van der Waals surface area contributed by atoms with Crippen LogP contribution in [0, 0.1) is 17.8 Å². The van der Waals surface area contributed by atoms with E-state index < -0.39 is 5.97 Å². The highest BCUT2D eigenvalue weighted by Gasteiger charge is 2.51. The first-order valence-electron chi connectivity index (χ1n) is 9.50. The lowest BCUT2D eigenvalue weighted by molar-refractivity contribution is -0.130. The monoisotopic (exact) mass is 353 g/mol. The molecule has 6 heteroatoms. The molecule has 2 aromatic rings. The number of rotatable bonds is 4. The number of carbonyl (C=O) groups is 2. The minimum atomic E-state index is -0.561. The van der Waals surface area contributed by atoms with Crippen molar-refractivity contribution < 1.29 is 14.3 Å². The second-order valence-corrected chi connectivity index (χ2v) is 8.41. The Morgan fingerprint density at radius 3 is 2.50 bits per heavy atom. The number of nitrogens with one attached hydrogen (secondary N) is 1. The van der Waals surface area contributed by atoms with Crippen molar-refractivity contribution in [2.75, 3.05) is 6.61 Å². The smallest absolute Gasteiger partial charge is 0.359 e. The Labute approximate surface area is 151 Å². The summed E-state index contributed by atoms with van der Waals surface area (Å²) in [5.41, 5.74) is 0.845. The molecule has 26 heavy (non-hydrogen) atoms. The minimum Gasteiger partial charge on any atom is -0.451 e. The van der Waals surface area contributed by atoms with Gasteiger partial charge in [-0.15, -0.1) is 0 Å². The number of fused-ring (bicyclic) bond motifs is 1. The van der Waals surface area contributed by atoms with E-state index in [9.17, 15) is 9.59 Å². The Kier molecular flexibility index (Phi) is 3.55. The maximum Gasteiger partial charge on any atom is 0.359 e. The fraction of sp³-hybridized carbons (Fsp3) is 0.550. The molecule has 2 heterocycles. The summed E-state index contributed by atoms with van der Waals surface area (Å²) >= 11 is 0. The van der Waals surface area contributed by atoms with E-state index in [2.05, 4.69) is 10.3 Å². The van der Waals surface area contributed by atoms with E-state index in [-0.39, 0.29) is 23.7 Å². The third-order valence-corrected chi connectivity index (χ3v) is 6.35. The van der Waals surface area contributed by atoms with Gasteiger partial charge in [-0.05, 0) is 68.4 Å². The van der Waals surface area contributed by atoms with E-state index in [0.29, 0.717) is 5.65 Å². The fourth-order valence-electron chi connectivity index (χ4n) is 5.83. The molecule has 0 atom stereocenters. The lowest BCUT2D eigenvalue weighted by Crippen LogP contribution is -2.60. The first kappa shape index (κ1) is 15.9. The van der Waals surface area contributed by atoms with E-state index in [4.69, 9.17) is 4.74 Å². The molecule has 0 spiro atoms. The third kappa shape index (κ3) is 2.77. The predicted molar refractivity (Wildman–Crippen MR) is 94.5 cm³/mol. The van der Waals surface area contributed by atoms with Crippen molar-refractivity contribution in [3.05, 3.63) is 36.3 Å². The number of esters is 1. The average Bonchev–Trinajstić information content (AvgIpc) is 3.02. The Hall–Kier alpha value is -2.37.